The minimum atomic E-state index is 0.600. The highest BCUT2D eigenvalue weighted by atomic mass is 15.3. The molecule has 0 unspecified atom stereocenters. The number of aryl methyl sites for hydroxylation is 2. The Bertz CT molecular complexity index is 469. The molecule has 20 heavy (non-hydrogen) atoms. The van der Waals surface area contributed by atoms with Crippen molar-refractivity contribution in [3.63, 3.8) is 0 Å². The summed E-state index contributed by atoms with van der Waals surface area (Å²) >= 11 is 0. The number of nitrogens with one attached hydrogen (secondary N) is 2. The third-order valence-corrected chi connectivity index (χ3v) is 4.25. The van der Waals surface area contributed by atoms with Crippen LogP contribution in [-0.4, -0.2) is 35.4 Å². The molecule has 0 aromatic carbocycles. The molecule has 0 saturated heterocycles. The first-order chi connectivity index (χ1) is 9.61. The van der Waals surface area contributed by atoms with Gasteiger partial charge in [0.25, 0.3) is 0 Å². The van der Waals surface area contributed by atoms with Gasteiger partial charge in [0.05, 0.1) is 5.69 Å². The lowest BCUT2D eigenvalue weighted by Crippen LogP contribution is -2.43. The number of hydrogen-bond acceptors (Lipinski definition) is 2. The number of aromatic nitrogens is 2. The van der Waals surface area contributed by atoms with Gasteiger partial charge in [0.15, 0.2) is 5.96 Å². The standard InChI is InChI=1S/C15H27N5/c1-11-14(12(2)20(4)19-11)9-10-17-15(16-3)18-13-7-5-6-8-13/h13H,5-10H2,1-4H3,(H2,16,17,18). The molecule has 2 rings (SSSR count). The first kappa shape index (κ1) is 14.9. The fourth-order valence-electron chi connectivity index (χ4n) is 2.94. The second-order valence-corrected chi connectivity index (χ2v) is 5.65. The quantitative estimate of drug-likeness (QED) is 0.650. The number of aliphatic imine (C=N–C) groups is 1. The summed E-state index contributed by atoms with van der Waals surface area (Å²) in [5.74, 6) is 0.927. The van der Waals surface area contributed by atoms with Crippen molar-refractivity contribution in [2.45, 2.75) is 52.0 Å². The predicted octanol–water partition coefficient (Wildman–Crippen LogP) is 1.69. The Hall–Kier alpha value is -1.52. The third kappa shape index (κ3) is 3.52. The molecule has 0 spiro atoms. The Morgan fingerprint density at radius 1 is 1.35 bits per heavy atom. The fourth-order valence-corrected chi connectivity index (χ4v) is 2.94. The van der Waals surface area contributed by atoms with Gasteiger partial charge in [0.2, 0.25) is 0 Å². The fraction of sp³-hybridized carbons (Fsp3) is 0.733. The number of guanidine groups is 1. The Morgan fingerprint density at radius 3 is 2.60 bits per heavy atom. The summed E-state index contributed by atoms with van der Waals surface area (Å²) in [6.45, 7) is 5.09. The van der Waals surface area contributed by atoms with E-state index in [1.54, 1.807) is 0 Å². The van der Waals surface area contributed by atoms with E-state index in [4.69, 9.17) is 0 Å². The molecule has 1 aromatic rings. The van der Waals surface area contributed by atoms with E-state index in [2.05, 4.69) is 34.6 Å². The number of nitrogens with zero attached hydrogens (tertiary/aromatic N) is 3. The first-order valence-corrected chi connectivity index (χ1v) is 7.58. The largest absolute Gasteiger partial charge is 0.356 e. The van der Waals surface area contributed by atoms with Crippen LogP contribution in [0.5, 0.6) is 0 Å². The van der Waals surface area contributed by atoms with Crippen molar-refractivity contribution in [2.75, 3.05) is 13.6 Å². The molecule has 1 aliphatic carbocycles. The SMILES string of the molecule is CN=C(NCCc1c(C)nn(C)c1C)NC1CCCC1. The molecule has 1 aliphatic rings. The Morgan fingerprint density at radius 2 is 2.05 bits per heavy atom. The Kier molecular flexibility index (Phi) is 5.04. The van der Waals surface area contributed by atoms with Gasteiger partial charge in [0, 0.05) is 32.4 Å². The van der Waals surface area contributed by atoms with Crippen LogP contribution in [0.25, 0.3) is 0 Å². The lowest BCUT2D eigenvalue weighted by atomic mass is 10.1. The second-order valence-electron chi connectivity index (χ2n) is 5.65. The third-order valence-electron chi connectivity index (χ3n) is 4.25. The van der Waals surface area contributed by atoms with Gasteiger partial charge < -0.3 is 10.6 Å². The lowest BCUT2D eigenvalue weighted by Gasteiger charge is -2.16. The van der Waals surface area contributed by atoms with Crippen molar-refractivity contribution in [3.8, 4) is 0 Å². The van der Waals surface area contributed by atoms with Crippen molar-refractivity contribution in [1.82, 2.24) is 20.4 Å². The van der Waals surface area contributed by atoms with Crippen LogP contribution >= 0.6 is 0 Å². The van der Waals surface area contributed by atoms with Gasteiger partial charge in [0.1, 0.15) is 0 Å². The normalized spacial score (nSPS) is 16.7. The molecule has 0 aliphatic heterocycles. The van der Waals surface area contributed by atoms with Gasteiger partial charge in [-0.2, -0.15) is 5.10 Å². The molecule has 5 heteroatoms. The van der Waals surface area contributed by atoms with E-state index < -0.39 is 0 Å². The van der Waals surface area contributed by atoms with Gasteiger partial charge in [-0.05, 0) is 38.7 Å². The van der Waals surface area contributed by atoms with Crippen LogP contribution in [0.2, 0.25) is 0 Å². The molecule has 0 amide bonds. The van der Waals surface area contributed by atoms with Crippen molar-refractivity contribution in [2.24, 2.45) is 12.0 Å². The molecule has 0 atom stereocenters. The van der Waals surface area contributed by atoms with Crippen molar-refractivity contribution >= 4 is 5.96 Å². The molecular weight excluding hydrogens is 250 g/mol. The Labute approximate surface area is 121 Å². The van der Waals surface area contributed by atoms with E-state index in [1.165, 1.54) is 36.9 Å². The summed E-state index contributed by atoms with van der Waals surface area (Å²) in [4.78, 5) is 4.31. The van der Waals surface area contributed by atoms with Gasteiger partial charge >= 0.3 is 0 Å². The summed E-state index contributed by atoms with van der Waals surface area (Å²) in [5.41, 5.74) is 3.73. The maximum Gasteiger partial charge on any atom is 0.191 e. The smallest absolute Gasteiger partial charge is 0.191 e. The summed E-state index contributed by atoms with van der Waals surface area (Å²) in [5, 5.41) is 11.4. The second kappa shape index (κ2) is 6.77. The zero-order valence-electron chi connectivity index (χ0n) is 13.2. The average molecular weight is 277 g/mol. The van der Waals surface area contributed by atoms with Crippen molar-refractivity contribution in [3.05, 3.63) is 17.0 Å². The number of hydrogen-bond donors (Lipinski definition) is 2. The average Bonchev–Trinajstić information content (AvgIpc) is 3.01. The summed E-state index contributed by atoms with van der Waals surface area (Å²) in [7, 11) is 3.84. The molecule has 0 bridgehead atoms. The molecule has 112 valence electrons. The van der Waals surface area contributed by atoms with E-state index in [9.17, 15) is 0 Å². The van der Waals surface area contributed by atoms with Gasteiger partial charge in [-0.1, -0.05) is 12.8 Å². The van der Waals surface area contributed by atoms with Crippen LogP contribution in [0, 0.1) is 13.8 Å². The van der Waals surface area contributed by atoms with E-state index in [-0.39, 0.29) is 0 Å². The molecular formula is C15H27N5. The monoisotopic (exact) mass is 277 g/mol. The molecule has 0 radical (unpaired) electrons. The van der Waals surface area contributed by atoms with Crippen LogP contribution in [0.15, 0.2) is 4.99 Å². The summed E-state index contributed by atoms with van der Waals surface area (Å²) < 4.78 is 1.95. The first-order valence-electron chi connectivity index (χ1n) is 7.58. The molecule has 1 heterocycles. The highest BCUT2D eigenvalue weighted by molar-refractivity contribution is 5.79. The topological polar surface area (TPSA) is 54.2 Å². The molecule has 1 saturated carbocycles. The van der Waals surface area contributed by atoms with E-state index in [0.717, 1.165) is 24.6 Å². The van der Waals surface area contributed by atoms with Crippen LogP contribution < -0.4 is 10.6 Å². The zero-order valence-corrected chi connectivity index (χ0v) is 13.2. The summed E-state index contributed by atoms with van der Waals surface area (Å²) in [6.07, 6.45) is 6.19. The maximum absolute atomic E-state index is 4.45. The van der Waals surface area contributed by atoms with Crippen molar-refractivity contribution < 1.29 is 0 Å². The van der Waals surface area contributed by atoms with Crippen LogP contribution in [0.1, 0.15) is 42.6 Å². The lowest BCUT2D eigenvalue weighted by molar-refractivity contribution is 0.613. The van der Waals surface area contributed by atoms with Crippen LogP contribution in [-0.2, 0) is 13.5 Å². The molecule has 1 fully saturated rings. The predicted molar refractivity (Wildman–Crippen MR) is 83.1 cm³/mol. The van der Waals surface area contributed by atoms with E-state index >= 15 is 0 Å². The maximum atomic E-state index is 4.45. The minimum Gasteiger partial charge on any atom is -0.356 e. The highest BCUT2D eigenvalue weighted by Crippen LogP contribution is 2.17. The van der Waals surface area contributed by atoms with Crippen molar-refractivity contribution in [1.29, 1.82) is 0 Å². The molecule has 1 aromatic heterocycles. The van der Waals surface area contributed by atoms with E-state index in [1.807, 2.05) is 18.8 Å². The Balaban J connectivity index is 1.81. The van der Waals surface area contributed by atoms with Gasteiger partial charge in [-0.15, -0.1) is 0 Å². The van der Waals surface area contributed by atoms with Crippen LogP contribution in [0.4, 0.5) is 0 Å². The van der Waals surface area contributed by atoms with Crippen LogP contribution in [0.3, 0.4) is 0 Å². The molecule has 5 nitrogen and oxygen atoms in total. The van der Waals surface area contributed by atoms with Gasteiger partial charge in [-0.25, -0.2) is 0 Å². The number of rotatable bonds is 4. The minimum absolute atomic E-state index is 0.600. The highest BCUT2D eigenvalue weighted by Gasteiger charge is 2.16. The zero-order chi connectivity index (χ0) is 14.5. The summed E-state index contributed by atoms with van der Waals surface area (Å²) in [6, 6.07) is 0.600. The van der Waals surface area contributed by atoms with Gasteiger partial charge in [-0.3, -0.25) is 9.67 Å². The van der Waals surface area contributed by atoms with E-state index in [0.29, 0.717) is 6.04 Å². The molecule has 2 N–H and O–H groups in total.